The van der Waals surface area contributed by atoms with Gasteiger partial charge in [-0.3, -0.25) is 9.59 Å². The second-order valence-electron chi connectivity index (χ2n) is 10.8. The predicted octanol–water partition coefficient (Wildman–Crippen LogP) is 3.20. The largest absolute Gasteiger partial charge is 0.493 e. The van der Waals surface area contributed by atoms with Gasteiger partial charge < -0.3 is 25.4 Å². The summed E-state index contributed by atoms with van der Waals surface area (Å²) in [6.07, 6.45) is 4.17. The van der Waals surface area contributed by atoms with E-state index in [9.17, 15) is 9.59 Å². The molecule has 192 valence electrons. The molecule has 0 radical (unpaired) electrons. The monoisotopic (exact) mass is 492 g/mol. The van der Waals surface area contributed by atoms with Crippen LogP contribution in [0.25, 0.3) is 0 Å². The smallest absolute Gasteiger partial charge is 0.272 e. The van der Waals surface area contributed by atoms with Crippen LogP contribution in [0.1, 0.15) is 54.7 Å². The number of ether oxygens (including phenoxy) is 1. The molecule has 2 amide bonds. The molecule has 0 spiro atoms. The molecule has 0 bridgehead atoms. The summed E-state index contributed by atoms with van der Waals surface area (Å²) in [5.74, 6) is 2.84. The fourth-order valence-corrected chi connectivity index (χ4v) is 7.17. The first-order valence-corrected chi connectivity index (χ1v) is 13.3. The van der Waals surface area contributed by atoms with Gasteiger partial charge in [-0.25, -0.2) is 4.98 Å². The first kappa shape index (κ1) is 21.9. The molecular weight excluding hydrogens is 456 g/mol. The van der Waals surface area contributed by atoms with Crippen LogP contribution < -0.4 is 21.1 Å². The topological polar surface area (TPSA) is 98.8 Å². The lowest BCUT2D eigenvalue weighted by atomic mass is 9.60. The van der Waals surface area contributed by atoms with Crippen molar-refractivity contribution < 1.29 is 17.2 Å². The zero-order valence-electron chi connectivity index (χ0n) is 20.5. The maximum absolute atomic E-state index is 13.5. The van der Waals surface area contributed by atoms with E-state index in [2.05, 4.69) is 16.4 Å². The van der Waals surface area contributed by atoms with Gasteiger partial charge in [-0.1, -0.05) is 0 Å². The van der Waals surface area contributed by atoms with Gasteiger partial charge >= 0.3 is 0 Å². The van der Waals surface area contributed by atoms with E-state index in [0.717, 1.165) is 74.7 Å². The van der Waals surface area contributed by atoms with E-state index in [0.29, 0.717) is 41.5 Å². The van der Waals surface area contributed by atoms with E-state index >= 15 is 0 Å². The number of aromatic nitrogens is 1. The van der Waals surface area contributed by atoms with E-state index < -0.39 is 0 Å². The molecule has 3 fully saturated rings. The van der Waals surface area contributed by atoms with Gasteiger partial charge in [0.1, 0.15) is 11.4 Å². The lowest BCUT2D eigenvalue weighted by molar-refractivity contribution is 0.0629. The average Bonchev–Trinajstić information content (AvgIpc) is 3.62. The van der Waals surface area contributed by atoms with E-state index in [1.165, 1.54) is 5.56 Å². The van der Waals surface area contributed by atoms with Crippen LogP contribution in [0.3, 0.4) is 0 Å². The van der Waals surface area contributed by atoms with E-state index in [1.807, 2.05) is 41.0 Å². The van der Waals surface area contributed by atoms with Crippen molar-refractivity contribution in [2.24, 2.45) is 23.7 Å². The highest BCUT2D eigenvalue weighted by molar-refractivity contribution is 5.97. The lowest BCUT2D eigenvalue weighted by Crippen LogP contribution is -2.44. The second kappa shape index (κ2) is 8.37. The van der Waals surface area contributed by atoms with Crippen molar-refractivity contribution in [3.63, 3.8) is 0 Å². The number of nitrogens with zero attached hydrogens (tertiary/aromatic N) is 3. The van der Waals surface area contributed by atoms with Crippen LogP contribution in [-0.2, 0) is 12.8 Å². The highest BCUT2D eigenvalue weighted by Gasteiger charge is 2.59. The fraction of sp³-hybridized carbons (Fsp3) is 0.519. The van der Waals surface area contributed by atoms with Crippen molar-refractivity contribution in [1.29, 1.82) is 0 Å². The number of fused-ring (bicyclic) bond motifs is 6. The molecule has 4 heterocycles. The van der Waals surface area contributed by atoms with Gasteiger partial charge in [-0.2, -0.15) is 0 Å². The molecule has 9 nitrogen and oxygen atoms in total. The third-order valence-corrected chi connectivity index (χ3v) is 8.94. The number of aryl methyl sites for hydroxylation is 1. The summed E-state index contributed by atoms with van der Waals surface area (Å²) in [6, 6.07) is 7.57. The number of anilines is 2. The zero-order valence-corrected chi connectivity index (χ0v) is 20.5. The molecule has 2 aromatic rings. The highest BCUT2D eigenvalue weighted by Crippen LogP contribution is 2.54. The van der Waals surface area contributed by atoms with Crippen molar-refractivity contribution in [3.05, 3.63) is 46.8 Å². The van der Waals surface area contributed by atoms with Crippen molar-refractivity contribution in [3.8, 4) is 5.75 Å². The van der Waals surface area contributed by atoms with E-state index in [-0.39, 0.29) is 14.7 Å². The summed E-state index contributed by atoms with van der Waals surface area (Å²) in [6.45, 7) is 5.65. The van der Waals surface area contributed by atoms with Crippen LogP contribution in [-0.4, -0.2) is 59.4 Å². The average molecular weight is 493 g/mol. The Hall–Kier alpha value is -3.33. The molecule has 1 saturated carbocycles. The molecule has 4 atom stereocenters. The third kappa shape index (κ3) is 3.36. The van der Waals surface area contributed by atoms with Gasteiger partial charge in [-0.05, 0) is 74.5 Å². The van der Waals surface area contributed by atoms with Crippen molar-refractivity contribution >= 4 is 23.2 Å². The molecule has 2 saturated heterocycles. The Morgan fingerprint density at radius 2 is 1.61 bits per heavy atom. The number of hydrazine groups is 2. The Bertz CT molecular complexity index is 1240. The maximum Gasteiger partial charge on any atom is 0.272 e. The molecule has 7 rings (SSSR count). The number of pyridine rings is 1. The number of rotatable bonds is 4. The number of benzene rings is 1. The Morgan fingerprint density at radius 3 is 2.33 bits per heavy atom. The minimum absolute atomic E-state index is 0. The van der Waals surface area contributed by atoms with Gasteiger partial charge in [0.2, 0.25) is 0 Å². The molecule has 36 heavy (non-hydrogen) atoms. The molecule has 5 aliphatic rings. The van der Waals surface area contributed by atoms with Crippen molar-refractivity contribution in [1.82, 2.24) is 20.3 Å². The summed E-state index contributed by atoms with van der Waals surface area (Å²) in [5, 5.41) is 0. The zero-order chi connectivity index (χ0) is 24.4. The van der Waals surface area contributed by atoms with Crippen LogP contribution in [0, 0.1) is 23.7 Å². The Morgan fingerprint density at radius 1 is 0.944 bits per heavy atom. The third-order valence-electron chi connectivity index (χ3n) is 8.94. The highest BCUT2D eigenvalue weighted by atomic mass is 16.5. The van der Waals surface area contributed by atoms with Gasteiger partial charge in [0, 0.05) is 51.9 Å². The molecule has 1 aromatic carbocycles. The summed E-state index contributed by atoms with van der Waals surface area (Å²) >= 11 is 0. The number of likely N-dealkylation sites (tertiary alicyclic amines) is 2. The Balaban J connectivity index is 0.00000147. The maximum atomic E-state index is 13.5. The quantitative estimate of drug-likeness (QED) is 0.603. The Labute approximate surface area is 213 Å². The molecular formula is C27H36N6O3. The van der Waals surface area contributed by atoms with Crippen LogP contribution in [0.15, 0.2) is 24.3 Å². The minimum Gasteiger partial charge on any atom is -0.493 e. The molecule has 3 aliphatic heterocycles. The predicted molar refractivity (Wildman–Crippen MR) is 139 cm³/mol. The molecule has 3 N–H and O–H groups in total. The number of hydrogen-bond acceptors (Lipinski definition) is 7. The molecule has 2 unspecified atom stereocenters. The van der Waals surface area contributed by atoms with E-state index in [1.54, 1.807) is 0 Å². The summed E-state index contributed by atoms with van der Waals surface area (Å²) in [7, 11) is 0. The second-order valence-corrected chi connectivity index (χ2v) is 10.8. The lowest BCUT2D eigenvalue weighted by Gasteiger charge is -2.42. The molecule has 9 heteroatoms. The first-order chi connectivity index (χ1) is 17.6. The minimum atomic E-state index is 0. The van der Waals surface area contributed by atoms with Gasteiger partial charge in [0.25, 0.3) is 11.8 Å². The van der Waals surface area contributed by atoms with E-state index in [4.69, 9.17) is 9.72 Å². The SMILES string of the molecule is CCOc1cc(C(=O)N2CC3C(C2)[C@@H]2CN(C(=O)c4ccc5c(c4)NNN5)C[C@H]32)nc2c1CCCC2.[HH].[HH]. The standard InChI is InChI=1S/C27H32N6O3.2H2/c1-2-36-25-10-24(28-21-6-4-3-5-16(21)25)27(35)33-13-19-17-11-32(12-18(17)20(19)14-33)26(34)15-7-8-22-23(9-15)30-31-29-22;;/h7-10,17-20,29-31H,2-6,11-14H2,1H3;2*1H/t17-,18+,19?,20?;;. The van der Waals surface area contributed by atoms with Crippen LogP contribution in [0.4, 0.5) is 11.4 Å². The van der Waals surface area contributed by atoms with Gasteiger partial charge in [0.05, 0.1) is 18.0 Å². The van der Waals surface area contributed by atoms with Crippen LogP contribution in [0.5, 0.6) is 5.75 Å². The van der Waals surface area contributed by atoms with Gasteiger partial charge in [-0.15, -0.1) is 5.53 Å². The number of carbonyl (C=O) groups excluding carboxylic acids is 2. The van der Waals surface area contributed by atoms with Crippen molar-refractivity contribution in [2.45, 2.75) is 32.6 Å². The number of nitrogens with one attached hydrogen (secondary N) is 3. The number of hydrogen-bond donors (Lipinski definition) is 3. The molecule has 1 aromatic heterocycles. The summed E-state index contributed by atoms with van der Waals surface area (Å²) < 4.78 is 5.91. The number of carbonyl (C=O) groups is 2. The normalized spacial score (nSPS) is 27.2. The van der Waals surface area contributed by atoms with Crippen LogP contribution in [0.2, 0.25) is 0 Å². The van der Waals surface area contributed by atoms with Crippen molar-refractivity contribution in [2.75, 3.05) is 43.6 Å². The summed E-state index contributed by atoms with van der Waals surface area (Å²) in [4.78, 5) is 35.5. The summed E-state index contributed by atoms with van der Waals surface area (Å²) in [5.41, 5.74) is 14.2. The number of amides is 2. The fourth-order valence-electron chi connectivity index (χ4n) is 7.17. The van der Waals surface area contributed by atoms with Crippen LogP contribution >= 0.6 is 0 Å². The Kier molecular flexibility index (Phi) is 5.09. The molecule has 2 aliphatic carbocycles. The first-order valence-electron chi connectivity index (χ1n) is 13.3. The van der Waals surface area contributed by atoms with Gasteiger partial charge in [0.15, 0.2) is 0 Å².